The Morgan fingerprint density at radius 1 is 1.19 bits per heavy atom. The fourth-order valence-corrected chi connectivity index (χ4v) is 4.72. The molecule has 0 amide bonds. The highest BCUT2D eigenvalue weighted by Crippen LogP contribution is 2.25. The number of esters is 1. The first kappa shape index (κ1) is 19.8. The third-order valence-electron chi connectivity index (χ3n) is 6.34. The van der Waals surface area contributed by atoms with Crippen LogP contribution in [0.25, 0.3) is 10.9 Å². The molecule has 0 unspecified atom stereocenters. The van der Waals surface area contributed by atoms with E-state index >= 15 is 0 Å². The fourth-order valence-electron chi connectivity index (χ4n) is 4.72. The first-order valence-corrected chi connectivity index (χ1v) is 10.9. The molecule has 5 rings (SSSR count). The number of aromatic amines is 1. The molecule has 4 heterocycles. The average Bonchev–Trinajstić information content (AvgIpc) is 3.43. The van der Waals surface area contributed by atoms with Gasteiger partial charge in [-0.2, -0.15) is 0 Å². The van der Waals surface area contributed by atoms with Gasteiger partial charge in [0, 0.05) is 55.4 Å². The number of hydrogen-bond acceptors (Lipinski definition) is 6. The Morgan fingerprint density at radius 3 is 2.81 bits per heavy atom. The summed E-state index contributed by atoms with van der Waals surface area (Å²) in [5.41, 5.74) is 3.88. The molecule has 2 aliphatic heterocycles. The van der Waals surface area contributed by atoms with Crippen LogP contribution in [-0.4, -0.2) is 52.1 Å². The van der Waals surface area contributed by atoms with Crippen LogP contribution in [0.2, 0.25) is 0 Å². The van der Waals surface area contributed by atoms with Crippen LogP contribution in [0.1, 0.15) is 29.7 Å². The summed E-state index contributed by atoms with van der Waals surface area (Å²) in [5.74, 6) is 0.440. The monoisotopic (exact) mass is 421 g/mol. The summed E-state index contributed by atoms with van der Waals surface area (Å²) in [4.78, 5) is 36.8. The molecule has 0 radical (unpaired) electrons. The lowest BCUT2D eigenvalue weighted by Gasteiger charge is -2.28. The number of hydrogen-bond donors (Lipinski definition) is 1. The summed E-state index contributed by atoms with van der Waals surface area (Å²) in [7, 11) is 1.41. The van der Waals surface area contributed by atoms with Gasteiger partial charge in [-0.3, -0.25) is 19.5 Å². The van der Waals surface area contributed by atoms with Gasteiger partial charge in [0.1, 0.15) is 6.54 Å². The van der Waals surface area contributed by atoms with E-state index in [4.69, 9.17) is 9.72 Å². The third kappa shape index (κ3) is 3.83. The molecule has 1 aromatic carbocycles. The smallest absolute Gasteiger partial charge is 0.325 e. The Bertz CT molecular complexity index is 1180. The second-order valence-corrected chi connectivity index (χ2v) is 8.35. The lowest BCUT2D eigenvalue weighted by Crippen LogP contribution is -2.36. The molecular weight excluding hydrogens is 394 g/mol. The number of para-hydroxylation sites is 1. The number of fused-ring (bicyclic) bond motifs is 2. The zero-order chi connectivity index (χ0) is 21.4. The molecule has 8 nitrogen and oxygen atoms in total. The van der Waals surface area contributed by atoms with Gasteiger partial charge in [0.25, 0.3) is 5.56 Å². The molecule has 0 bridgehead atoms. The predicted octanol–water partition coefficient (Wildman–Crippen LogP) is 2.06. The van der Waals surface area contributed by atoms with E-state index in [1.165, 1.54) is 7.11 Å². The molecular formula is C23H27N5O3. The van der Waals surface area contributed by atoms with Crippen LogP contribution in [0.4, 0.5) is 5.95 Å². The number of ether oxygens (including phenoxy) is 1. The van der Waals surface area contributed by atoms with E-state index in [1.54, 1.807) is 0 Å². The zero-order valence-electron chi connectivity index (χ0n) is 17.8. The first-order chi connectivity index (χ1) is 15.1. The van der Waals surface area contributed by atoms with Crippen molar-refractivity contribution >= 4 is 22.8 Å². The second-order valence-electron chi connectivity index (χ2n) is 8.35. The predicted molar refractivity (Wildman–Crippen MR) is 118 cm³/mol. The molecule has 1 fully saturated rings. The molecule has 2 aliphatic rings. The van der Waals surface area contributed by atoms with Gasteiger partial charge in [0.2, 0.25) is 5.95 Å². The van der Waals surface area contributed by atoms with E-state index in [2.05, 4.69) is 20.9 Å². The van der Waals surface area contributed by atoms with E-state index in [1.807, 2.05) is 29.0 Å². The van der Waals surface area contributed by atoms with Gasteiger partial charge in [-0.05, 0) is 30.9 Å². The van der Waals surface area contributed by atoms with Crippen molar-refractivity contribution in [3.8, 4) is 0 Å². The Morgan fingerprint density at radius 2 is 2.00 bits per heavy atom. The SMILES string of the molecule is COC(=O)Cn1cc(CN2CCc3c(nc(N4CCCC4)[nH]c3=O)C2)c2ccccc21. The standard InChI is InChI=1S/C23H27N5O3/c1-31-21(29)15-28-13-16(17-6-2-3-7-20(17)28)12-26-11-8-18-19(14-26)24-23(25-22(18)30)27-9-4-5-10-27/h2-3,6-7,13H,4-5,8-12,14-15H2,1H3,(H,24,25,30). The van der Waals surface area contributed by atoms with Crippen molar-refractivity contribution in [3.05, 3.63) is 57.6 Å². The number of benzene rings is 1. The Hall–Kier alpha value is -3.13. The number of methoxy groups -OCH3 is 1. The quantitative estimate of drug-likeness (QED) is 0.635. The summed E-state index contributed by atoms with van der Waals surface area (Å²) < 4.78 is 6.80. The molecule has 2 aromatic heterocycles. The lowest BCUT2D eigenvalue weighted by atomic mass is 10.1. The van der Waals surface area contributed by atoms with Crippen LogP contribution in [0.15, 0.2) is 35.3 Å². The largest absolute Gasteiger partial charge is 0.468 e. The van der Waals surface area contributed by atoms with Crippen molar-refractivity contribution in [2.24, 2.45) is 0 Å². The maximum atomic E-state index is 12.6. The number of carbonyl (C=O) groups is 1. The van der Waals surface area contributed by atoms with Gasteiger partial charge in [-0.1, -0.05) is 18.2 Å². The minimum atomic E-state index is -0.267. The van der Waals surface area contributed by atoms with Crippen molar-refractivity contribution < 1.29 is 9.53 Å². The van der Waals surface area contributed by atoms with Gasteiger partial charge in [-0.15, -0.1) is 0 Å². The Labute approximate surface area is 180 Å². The second kappa shape index (κ2) is 8.19. The van der Waals surface area contributed by atoms with Crippen LogP contribution < -0.4 is 10.5 Å². The number of H-pyrrole nitrogens is 1. The van der Waals surface area contributed by atoms with Crippen LogP contribution in [0.5, 0.6) is 0 Å². The lowest BCUT2D eigenvalue weighted by molar-refractivity contribution is -0.141. The van der Waals surface area contributed by atoms with Crippen molar-refractivity contribution in [1.82, 2.24) is 19.4 Å². The molecule has 3 aromatic rings. The van der Waals surface area contributed by atoms with Crippen LogP contribution in [0.3, 0.4) is 0 Å². The normalized spacial score (nSPS) is 16.6. The van der Waals surface area contributed by atoms with E-state index in [0.29, 0.717) is 18.9 Å². The van der Waals surface area contributed by atoms with Crippen molar-refractivity contribution in [3.63, 3.8) is 0 Å². The zero-order valence-corrected chi connectivity index (χ0v) is 17.8. The summed E-state index contributed by atoms with van der Waals surface area (Å²) in [6.45, 7) is 4.28. The van der Waals surface area contributed by atoms with Gasteiger partial charge < -0.3 is 14.2 Å². The maximum Gasteiger partial charge on any atom is 0.325 e. The molecule has 0 aliphatic carbocycles. The molecule has 0 saturated carbocycles. The molecule has 8 heteroatoms. The highest BCUT2D eigenvalue weighted by Gasteiger charge is 2.24. The van der Waals surface area contributed by atoms with Crippen molar-refractivity contribution in [2.45, 2.75) is 38.9 Å². The molecule has 162 valence electrons. The number of aromatic nitrogens is 3. The van der Waals surface area contributed by atoms with E-state index in [-0.39, 0.29) is 18.1 Å². The number of rotatable bonds is 5. The third-order valence-corrected chi connectivity index (χ3v) is 6.34. The Balaban J connectivity index is 1.40. The first-order valence-electron chi connectivity index (χ1n) is 10.9. The number of anilines is 1. The molecule has 31 heavy (non-hydrogen) atoms. The van der Waals surface area contributed by atoms with Crippen LogP contribution in [-0.2, 0) is 35.6 Å². The van der Waals surface area contributed by atoms with E-state index in [0.717, 1.165) is 66.7 Å². The van der Waals surface area contributed by atoms with Gasteiger partial charge in [0.15, 0.2) is 0 Å². The van der Waals surface area contributed by atoms with Gasteiger partial charge >= 0.3 is 5.97 Å². The van der Waals surface area contributed by atoms with E-state index < -0.39 is 0 Å². The van der Waals surface area contributed by atoms with Gasteiger partial charge in [0.05, 0.1) is 12.8 Å². The highest BCUT2D eigenvalue weighted by molar-refractivity contribution is 5.85. The number of carbonyl (C=O) groups excluding carboxylic acids is 1. The van der Waals surface area contributed by atoms with Crippen LogP contribution >= 0.6 is 0 Å². The maximum absolute atomic E-state index is 12.6. The molecule has 1 saturated heterocycles. The summed E-state index contributed by atoms with van der Waals surface area (Å²) >= 11 is 0. The summed E-state index contributed by atoms with van der Waals surface area (Å²) in [5, 5.41) is 1.13. The number of nitrogens with zero attached hydrogens (tertiary/aromatic N) is 4. The van der Waals surface area contributed by atoms with Crippen molar-refractivity contribution in [2.75, 3.05) is 31.6 Å². The molecule has 0 atom stereocenters. The fraction of sp³-hybridized carbons (Fsp3) is 0.435. The topological polar surface area (TPSA) is 83.5 Å². The summed E-state index contributed by atoms with van der Waals surface area (Å²) in [6, 6.07) is 8.11. The van der Waals surface area contributed by atoms with Gasteiger partial charge in [-0.25, -0.2) is 4.98 Å². The number of nitrogens with one attached hydrogen (secondary N) is 1. The summed E-state index contributed by atoms with van der Waals surface area (Å²) in [6.07, 6.45) is 5.02. The minimum Gasteiger partial charge on any atom is -0.468 e. The van der Waals surface area contributed by atoms with Crippen molar-refractivity contribution in [1.29, 1.82) is 0 Å². The average molecular weight is 422 g/mol. The van der Waals surface area contributed by atoms with Crippen LogP contribution in [0, 0.1) is 0 Å². The van der Waals surface area contributed by atoms with E-state index in [9.17, 15) is 9.59 Å². The highest BCUT2D eigenvalue weighted by atomic mass is 16.5. The Kier molecular flexibility index (Phi) is 5.23. The molecule has 0 spiro atoms. The minimum absolute atomic E-state index is 0.00114. The molecule has 1 N–H and O–H groups in total.